The zero-order chi connectivity index (χ0) is 11.7. The summed E-state index contributed by atoms with van der Waals surface area (Å²) in [5.74, 6) is 0. The van der Waals surface area contributed by atoms with Crippen LogP contribution in [-0.2, 0) is 0 Å². The third-order valence-electron chi connectivity index (χ3n) is 2.54. The summed E-state index contributed by atoms with van der Waals surface area (Å²) < 4.78 is 0. The van der Waals surface area contributed by atoms with Gasteiger partial charge < -0.3 is 4.98 Å². The van der Waals surface area contributed by atoms with Crippen molar-refractivity contribution >= 4 is 5.69 Å². The Hall–Kier alpha value is -2.10. The molecule has 0 radical (unpaired) electrons. The minimum Gasteiger partial charge on any atom is -0.361 e. The first-order chi connectivity index (χ1) is 7.58. The molecule has 2 rings (SSSR count). The van der Waals surface area contributed by atoms with Gasteiger partial charge in [-0.25, -0.2) is 0 Å². The number of H-pyrrole nitrogens is 1. The molecule has 4 nitrogen and oxygen atoms in total. The standard InChI is InChI=1S/C12H12N2O2/c1-8-5-11(13-7-8)10-4-3-9(2)12(6-10)14(15)16/h3-7,13H,1-2H3. The van der Waals surface area contributed by atoms with Crippen LogP contribution >= 0.6 is 0 Å². The van der Waals surface area contributed by atoms with Gasteiger partial charge in [-0.15, -0.1) is 0 Å². The molecule has 2 aromatic rings. The third kappa shape index (κ3) is 1.82. The Labute approximate surface area is 93.1 Å². The fraction of sp³-hybridized carbons (Fsp3) is 0.167. The van der Waals surface area contributed by atoms with E-state index in [0.29, 0.717) is 5.56 Å². The van der Waals surface area contributed by atoms with E-state index in [1.807, 2.05) is 25.3 Å². The van der Waals surface area contributed by atoms with E-state index in [1.54, 1.807) is 19.1 Å². The molecule has 0 unspecified atom stereocenters. The molecule has 4 heteroatoms. The second kappa shape index (κ2) is 3.81. The summed E-state index contributed by atoms with van der Waals surface area (Å²) in [5.41, 5.74) is 3.69. The summed E-state index contributed by atoms with van der Waals surface area (Å²) in [7, 11) is 0. The van der Waals surface area contributed by atoms with Gasteiger partial charge >= 0.3 is 0 Å². The summed E-state index contributed by atoms with van der Waals surface area (Å²) in [4.78, 5) is 13.5. The Morgan fingerprint density at radius 3 is 2.56 bits per heavy atom. The predicted octanol–water partition coefficient (Wildman–Crippen LogP) is 3.21. The summed E-state index contributed by atoms with van der Waals surface area (Å²) in [5, 5.41) is 10.8. The van der Waals surface area contributed by atoms with Gasteiger partial charge in [0.2, 0.25) is 0 Å². The lowest BCUT2D eigenvalue weighted by Gasteiger charge is -2.00. The smallest absolute Gasteiger partial charge is 0.272 e. The van der Waals surface area contributed by atoms with E-state index in [2.05, 4.69) is 4.98 Å². The van der Waals surface area contributed by atoms with Gasteiger partial charge in [-0.3, -0.25) is 10.1 Å². The molecule has 0 saturated heterocycles. The Balaban J connectivity index is 2.51. The number of aromatic amines is 1. The summed E-state index contributed by atoms with van der Waals surface area (Å²) >= 11 is 0. The third-order valence-corrected chi connectivity index (χ3v) is 2.54. The molecule has 0 saturated carbocycles. The lowest BCUT2D eigenvalue weighted by molar-refractivity contribution is -0.385. The van der Waals surface area contributed by atoms with E-state index < -0.39 is 0 Å². The number of hydrogen-bond donors (Lipinski definition) is 1. The lowest BCUT2D eigenvalue weighted by Crippen LogP contribution is -1.92. The topological polar surface area (TPSA) is 58.9 Å². The van der Waals surface area contributed by atoms with Crippen LogP contribution in [0, 0.1) is 24.0 Å². The minimum absolute atomic E-state index is 0.157. The van der Waals surface area contributed by atoms with Crippen LogP contribution in [0.2, 0.25) is 0 Å². The maximum atomic E-state index is 10.8. The molecule has 0 atom stereocenters. The molecule has 0 amide bonds. The molecular weight excluding hydrogens is 204 g/mol. The highest BCUT2D eigenvalue weighted by atomic mass is 16.6. The van der Waals surface area contributed by atoms with Crippen molar-refractivity contribution in [2.24, 2.45) is 0 Å². The summed E-state index contributed by atoms with van der Waals surface area (Å²) in [6.07, 6.45) is 1.88. The fourth-order valence-electron chi connectivity index (χ4n) is 1.64. The molecule has 0 aliphatic carbocycles. The fourth-order valence-corrected chi connectivity index (χ4v) is 1.64. The van der Waals surface area contributed by atoms with Gasteiger partial charge in [0.05, 0.1) is 4.92 Å². The van der Waals surface area contributed by atoms with Gasteiger partial charge in [0.15, 0.2) is 0 Å². The van der Waals surface area contributed by atoms with Gasteiger partial charge in [0.1, 0.15) is 0 Å². The van der Waals surface area contributed by atoms with Crippen molar-refractivity contribution in [2.75, 3.05) is 0 Å². The van der Waals surface area contributed by atoms with Crippen LogP contribution in [0.4, 0.5) is 5.69 Å². The van der Waals surface area contributed by atoms with E-state index in [-0.39, 0.29) is 10.6 Å². The number of nitro groups is 1. The van der Waals surface area contributed by atoms with E-state index >= 15 is 0 Å². The molecule has 0 aliphatic heterocycles. The number of nitrogens with one attached hydrogen (secondary N) is 1. The highest BCUT2D eigenvalue weighted by Gasteiger charge is 2.12. The zero-order valence-corrected chi connectivity index (χ0v) is 9.15. The molecule has 16 heavy (non-hydrogen) atoms. The van der Waals surface area contributed by atoms with Crippen LogP contribution in [0.25, 0.3) is 11.3 Å². The van der Waals surface area contributed by atoms with Crippen LogP contribution in [0.15, 0.2) is 30.5 Å². The normalized spacial score (nSPS) is 10.4. The molecule has 0 bridgehead atoms. The minimum atomic E-state index is -0.353. The molecule has 1 heterocycles. The van der Waals surface area contributed by atoms with Crippen molar-refractivity contribution in [2.45, 2.75) is 13.8 Å². The van der Waals surface area contributed by atoms with Crippen molar-refractivity contribution in [1.29, 1.82) is 0 Å². The number of nitrogens with zero attached hydrogens (tertiary/aromatic N) is 1. The summed E-state index contributed by atoms with van der Waals surface area (Å²) in [6.45, 7) is 3.71. The van der Waals surface area contributed by atoms with Crippen molar-refractivity contribution in [1.82, 2.24) is 4.98 Å². The first-order valence-electron chi connectivity index (χ1n) is 4.98. The quantitative estimate of drug-likeness (QED) is 0.619. The average molecular weight is 216 g/mol. The van der Waals surface area contributed by atoms with Crippen LogP contribution in [0.1, 0.15) is 11.1 Å². The van der Waals surface area contributed by atoms with Crippen LogP contribution in [-0.4, -0.2) is 9.91 Å². The lowest BCUT2D eigenvalue weighted by atomic mass is 10.1. The largest absolute Gasteiger partial charge is 0.361 e. The SMILES string of the molecule is Cc1c[nH]c(-c2ccc(C)c([N+](=O)[O-])c2)c1. The van der Waals surface area contributed by atoms with E-state index in [9.17, 15) is 10.1 Å². The van der Waals surface area contributed by atoms with Gasteiger partial charge in [-0.1, -0.05) is 12.1 Å². The maximum absolute atomic E-state index is 10.8. The highest BCUT2D eigenvalue weighted by molar-refractivity contribution is 5.65. The molecular formula is C12H12N2O2. The maximum Gasteiger partial charge on any atom is 0.272 e. The first kappa shape index (κ1) is 10.4. The van der Waals surface area contributed by atoms with Gasteiger partial charge in [-0.05, 0) is 25.5 Å². The van der Waals surface area contributed by atoms with E-state index in [0.717, 1.165) is 16.8 Å². The van der Waals surface area contributed by atoms with Crippen LogP contribution in [0.5, 0.6) is 0 Å². The van der Waals surface area contributed by atoms with Crippen molar-refractivity contribution in [3.8, 4) is 11.3 Å². The van der Waals surface area contributed by atoms with Crippen LogP contribution < -0.4 is 0 Å². The predicted molar refractivity (Wildman–Crippen MR) is 62.4 cm³/mol. The molecule has 82 valence electrons. The first-order valence-corrected chi connectivity index (χ1v) is 4.98. The van der Waals surface area contributed by atoms with Gasteiger partial charge in [0.25, 0.3) is 5.69 Å². The number of benzene rings is 1. The Morgan fingerprint density at radius 2 is 2.00 bits per heavy atom. The molecule has 0 fully saturated rings. The average Bonchev–Trinajstić information content (AvgIpc) is 2.65. The zero-order valence-electron chi connectivity index (χ0n) is 9.15. The van der Waals surface area contributed by atoms with Crippen molar-refractivity contribution in [3.63, 3.8) is 0 Å². The number of aryl methyl sites for hydroxylation is 2. The second-order valence-electron chi connectivity index (χ2n) is 3.85. The molecule has 0 aliphatic rings. The summed E-state index contributed by atoms with van der Waals surface area (Å²) in [6, 6.07) is 7.21. The number of rotatable bonds is 2. The number of hydrogen-bond acceptors (Lipinski definition) is 2. The molecule has 0 spiro atoms. The monoisotopic (exact) mass is 216 g/mol. The Morgan fingerprint density at radius 1 is 1.25 bits per heavy atom. The highest BCUT2D eigenvalue weighted by Crippen LogP contribution is 2.26. The van der Waals surface area contributed by atoms with E-state index in [4.69, 9.17) is 0 Å². The molecule has 1 aromatic heterocycles. The number of aromatic nitrogens is 1. The van der Waals surface area contributed by atoms with E-state index in [1.165, 1.54) is 0 Å². The van der Waals surface area contributed by atoms with Gasteiger partial charge in [0, 0.05) is 29.1 Å². The Kier molecular flexibility index (Phi) is 2.48. The van der Waals surface area contributed by atoms with Crippen molar-refractivity contribution in [3.05, 3.63) is 51.7 Å². The molecule has 1 aromatic carbocycles. The van der Waals surface area contributed by atoms with Gasteiger partial charge in [-0.2, -0.15) is 0 Å². The number of nitro benzene ring substituents is 1. The Bertz CT molecular complexity index is 544. The second-order valence-corrected chi connectivity index (χ2v) is 3.85. The van der Waals surface area contributed by atoms with Crippen LogP contribution in [0.3, 0.4) is 0 Å². The van der Waals surface area contributed by atoms with Crippen molar-refractivity contribution < 1.29 is 4.92 Å². The molecule has 1 N–H and O–H groups in total.